The number of rotatable bonds is 5. The maximum Gasteiger partial charge on any atom is 0.296 e. The minimum atomic E-state index is -0.512. The van der Waals surface area contributed by atoms with Crippen LogP contribution >= 0.6 is 0 Å². The first-order chi connectivity index (χ1) is 15.4. The molecule has 1 saturated heterocycles. The number of hydrogen-bond donors (Lipinski definition) is 2. The van der Waals surface area contributed by atoms with E-state index in [4.69, 9.17) is 5.73 Å². The van der Waals surface area contributed by atoms with E-state index in [1.54, 1.807) is 18.3 Å². The number of halogens is 1. The monoisotopic (exact) mass is 437 g/mol. The average molecular weight is 437 g/mol. The van der Waals surface area contributed by atoms with Gasteiger partial charge in [0.15, 0.2) is 0 Å². The average Bonchev–Trinajstić information content (AvgIpc) is 3.38. The third kappa shape index (κ3) is 3.53. The van der Waals surface area contributed by atoms with Gasteiger partial charge in [0.1, 0.15) is 11.5 Å². The highest BCUT2D eigenvalue weighted by Crippen LogP contribution is 2.32. The van der Waals surface area contributed by atoms with Crippen LogP contribution in [-0.4, -0.2) is 55.7 Å². The number of hydrogen-bond acceptors (Lipinski definition) is 5. The van der Waals surface area contributed by atoms with Gasteiger partial charge in [-0.15, -0.1) is 0 Å². The number of primary amides is 1. The van der Waals surface area contributed by atoms with Crippen LogP contribution in [0.1, 0.15) is 40.0 Å². The first-order valence-corrected chi connectivity index (χ1v) is 10.7. The van der Waals surface area contributed by atoms with E-state index in [2.05, 4.69) is 9.88 Å². The summed E-state index contributed by atoms with van der Waals surface area (Å²) >= 11 is 0. The Morgan fingerprint density at radius 2 is 2.00 bits per heavy atom. The number of benzene rings is 1. The molecule has 0 spiro atoms. The zero-order valence-corrected chi connectivity index (χ0v) is 17.5. The van der Waals surface area contributed by atoms with Crippen molar-refractivity contribution in [3.05, 3.63) is 64.9 Å². The van der Waals surface area contributed by atoms with E-state index < -0.39 is 5.91 Å². The number of amides is 2. The summed E-state index contributed by atoms with van der Waals surface area (Å²) in [6.07, 6.45) is 5.78. The minimum Gasteiger partial charge on any atom is -0.368 e. The van der Waals surface area contributed by atoms with Crippen molar-refractivity contribution in [3.63, 3.8) is 0 Å². The highest BCUT2D eigenvalue weighted by molar-refractivity contribution is 6.00. The van der Waals surface area contributed by atoms with Crippen LogP contribution in [0.25, 0.3) is 10.9 Å². The number of nitrogens with two attached hydrogens (primary N) is 1. The van der Waals surface area contributed by atoms with Gasteiger partial charge in [-0.2, -0.15) is 0 Å². The van der Waals surface area contributed by atoms with E-state index >= 15 is 0 Å². The topological polar surface area (TPSA) is 105 Å². The molecule has 0 bridgehead atoms. The van der Waals surface area contributed by atoms with Crippen molar-refractivity contribution in [3.8, 4) is 0 Å². The third-order valence-electron chi connectivity index (χ3n) is 6.44. The lowest BCUT2D eigenvalue weighted by molar-refractivity contribution is -0.122. The van der Waals surface area contributed by atoms with Crippen molar-refractivity contribution in [2.75, 3.05) is 13.1 Å². The molecule has 0 radical (unpaired) electrons. The smallest absolute Gasteiger partial charge is 0.296 e. The van der Waals surface area contributed by atoms with Crippen LogP contribution in [0.5, 0.6) is 0 Å². The Morgan fingerprint density at radius 3 is 2.75 bits per heavy atom. The summed E-state index contributed by atoms with van der Waals surface area (Å²) in [6.45, 7) is 2.00. The Morgan fingerprint density at radius 1 is 1.22 bits per heavy atom. The fourth-order valence-electron chi connectivity index (χ4n) is 4.90. The van der Waals surface area contributed by atoms with Crippen LogP contribution in [0, 0.1) is 5.82 Å². The molecule has 2 aliphatic heterocycles. The second kappa shape index (κ2) is 7.99. The third-order valence-corrected chi connectivity index (χ3v) is 6.44. The van der Waals surface area contributed by atoms with Crippen LogP contribution < -0.4 is 5.73 Å². The molecule has 2 amide bonds. The second-order valence-electron chi connectivity index (χ2n) is 8.46. The molecule has 5 rings (SSSR count). The Hall–Kier alpha value is -3.30. The number of likely N-dealkylation sites (tertiary alicyclic amines) is 1. The molecule has 1 fully saturated rings. The molecule has 2 aromatic heterocycles. The van der Waals surface area contributed by atoms with Gasteiger partial charge in [0.25, 0.3) is 5.91 Å². The highest BCUT2D eigenvalue weighted by Gasteiger charge is 2.32. The SMILES string of the molecule is NC(=O)[C@@H]1CCCN1Cc1cn(Cc2ccc(F)cc2)c2cnc3c(c12)CCN(O)C3=O. The zero-order valence-electron chi connectivity index (χ0n) is 17.5. The molecule has 0 saturated carbocycles. The van der Waals surface area contributed by atoms with E-state index in [0.29, 0.717) is 24.6 Å². The largest absolute Gasteiger partial charge is 0.368 e. The summed E-state index contributed by atoms with van der Waals surface area (Å²) in [6, 6.07) is 6.03. The van der Waals surface area contributed by atoms with Gasteiger partial charge in [0.2, 0.25) is 5.91 Å². The molecule has 0 aliphatic carbocycles. The Labute approximate surface area is 184 Å². The van der Waals surface area contributed by atoms with Gasteiger partial charge in [-0.1, -0.05) is 12.1 Å². The van der Waals surface area contributed by atoms with Crippen LogP contribution in [0.3, 0.4) is 0 Å². The highest BCUT2D eigenvalue weighted by atomic mass is 19.1. The number of nitrogens with zero attached hydrogens (tertiary/aromatic N) is 4. The molecule has 9 heteroatoms. The second-order valence-corrected chi connectivity index (χ2v) is 8.46. The fraction of sp³-hybridized carbons (Fsp3) is 0.348. The van der Waals surface area contributed by atoms with Crippen LogP contribution in [-0.2, 0) is 24.3 Å². The summed E-state index contributed by atoms with van der Waals surface area (Å²) in [5, 5.41) is 11.5. The quantitative estimate of drug-likeness (QED) is 0.595. The van der Waals surface area contributed by atoms with E-state index in [0.717, 1.165) is 47.0 Å². The molecule has 4 heterocycles. The van der Waals surface area contributed by atoms with Gasteiger partial charge in [-0.25, -0.2) is 14.4 Å². The number of aromatic nitrogens is 2. The molecule has 8 nitrogen and oxygen atoms in total. The molecular formula is C23H24FN5O3. The van der Waals surface area contributed by atoms with Crippen LogP contribution in [0.4, 0.5) is 4.39 Å². The van der Waals surface area contributed by atoms with Crippen molar-refractivity contribution in [2.24, 2.45) is 5.73 Å². The summed E-state index contributed by atoms with van der Waals surface area (Å²) in [5.41, 5.74) is 9.44. The summed E-state index contributed by atoms with van der Waals surface area (Å²) in [5.74, 6) is -1.13. The van der Waals surface area contributed by atoms with Gasteiger partial charge < -0.3 is 10.3 Å². The molecular weight excluding hydrogens is 413 g/mol. The van der Waals surface area contributed by atoms with E-state index in [-0.39, 0.29) is 30.0 Å². The van der Waals surface area contributed by atoms with E-state index in [1.165, 1.54) is 12.1 Å². The van der Waals surface area contributed by atoms with Gasteiger partial charge >= 0.3 is 0 Å². The maximum atomic E-state index is 13.4. The number of fused-ring (bicyclic) bond motifs is 3. The standard InChI is InChI=1S/C23H24FN5O3/c24-16-5-3-14(4-6-16)11-28-13-15(12-27-8-1-2-18(27)22(25)30)20-17-7-9-29(32)23(31)21(17)26-10-19(20)28/h3-6,10,13,18,32H,1-2,7-9,11-12H2,(H2,25,30)/t18-/m0/s1. The van der Waals surface area contributed by atoms with E-state index in [1.807, 2.05) is 10.8 Å². The van der Waals surface area contributed by atoms with Crippen molar-refractivity contribution in [1.29, 1.82) is 0 Å². The number of carbonyl (C=O) groups excluding carboxylic acids is 2. The molecule has 3 aromatic rings. The Kier molecular flexibility index (Phi) is 5.15. The molecule has 0 unspecified atom stereocenters. The van der Waals surface area contributed by atoms with Gasteiger partial charge in [-0.05, 0) is 54.6 Å². The van der Waals surface area contributed by atoms with Crippen LogP contribution in [0.2, 0.25) is 0 Å². The molecule has 166 valence electrons. The minimum absolute atomic E-state index is 0.197. The van der Waals surface area contributed by atoms with E-state index in [9.17, 15) is 19.2 Å². The lowest BCUT2D eigenvalue weighted by Gasteiger charge is -2.24. The molecule has 32 heavy (non-hydrogen) atoms. The zero-order chi connectivity index (χ0) is 22.4. The Bertz CT molecular complexity index is 1210. The first-order valence-electron chi connectivity index (χ1n) is 10.7. The summed E-state index contributed by atoms with van der Waals surface area (Å²) in [4.78, 5) is 30.8. The molecule has 1 aromatic carbocycles. The normalized spacial score (nSPS) is 19.0. The maximum absolute atomic E-state index is 13.4. The molecule has 3 N–H and O–H groups in total. The van der Waals surface area contributed by atoms with Crippen molar-refractivity contribution in [2.45, 2.75) is 38.4 Å². The number of carbonyl (C=O) groups is 2. The van der Waals surface area contributed by atoms with Crippen molar-refractivity contribution >= 4 is 22.7 Å². The predicted octanol–water partition coefficient (Wildman–Crippen LogP) is 2.06. The van der Waals surface area contributed by atoms with Gasteiger partial charge in [0.05, 0.1) is 24.3 Å². The predicted molar refractivity (Wildman–Crippen MR) is 114 cm³/mol. The number of hydroxylamine groups is 2. The fourth-order valence-corrected chi connectivity index (χ4v) is 4.90. The lowest BCUT2D eigenvalue weighted by atomic mass is 9.98. The van der Waals surface area contributed by atoms with Gasteiger partial charge in [0, 0.05) is 24.7 Å². The Balaban J connectivity index is 1.61. The summed E-state index contributed by atoms with van der Waals surface area (Å²) in [7, 11) is 0. The lowest BCUT2D eigenvalue weighted by Crippen LogP contribution is -2.39. The van der Waals surface area contributed by atoms with Crippen LogP contribution in [0.15, 0.2) is 36.7 Å². The molecule has 2 aliphatic rings. The van der Waals surface area contributed by atoms with Crippen molar-refractivity contribution in [1.82, 2.24) is 19.5 Å². The first kappa shape index (κ1) is 20.6. The van der Waals surface area contributed by atoms with Gasteiger partial charge in [-0.3, -0.25) is 19.7 Å². The van der Waals surface area contributed by atoms with Crippen molar-refractivity contribution < 1.29 is 19.2 Å². The molecule has 1 atom stereocenters. The summed E-state index contributed by atoms with van der Waals surface area (Å²) < 4.78 is 15.4. The number of pyridine rings is 1.